The van der Waals surface area contributed by atoms with Crippen molar-refractivity contribution in [2.24, 2.45) is 28.6 Å². The number of esters is 1. The first-order chi connectivity index (χ1) is 18.2. The lowest BCUT2D eigenvalue weighted by Crippen LogP contribution is -2.63. The number of carbonyl (C=O) groups excluding carboxylic acids is 1. The number of anilines is 2. The smallest absolute Gasteiger partial charge is 0.343 e. The number of aromatic nitrogens is 4. The second kappa shape index (κ2) is 9.06. The van der Waals surface area contributed by atoms with E-state index in [4.69, 9.17) is 10.5 Å². The Bertz CT molecular complexity index is 1330. The minimum Gasteiger partial charge on any atom is -0.423 e. The third-order valence-corrected chi connectivity index (χ3v) is 9.55. The molecule has 2 aliphatic carbocycles. The molecule has 0 amide bonds. The maximum absolute atomic E-state index is 12.7. The zero-order valence-electron chi connectivity index (χ0n) is 21.6. The van der Waals surface area contributed by atoms with Gasteiger partial charge < -0.3 is 30.6 Å². The lowest BCUT2D eigenvalue weighted by atomic mass is 9.44. The van der Waals surface area contributed by atoms with Crippen LogP contribution in [0.3, 0.4) is 0 Å². The molecule has 2 saturated carbocycles. The van der Waals surface area contributed by atoms with Gasteiger partial charge in [-0.3, -0.25) is 0 Å². The van der Waals surface area contributed by atoms with Gasteiger partial charge in [0.05, 0.1) is 18.3 Å². The third-order valence-electron chi connectivity index (χ3n) is 9.55. The predicted molar refractivity (Wildman–Crippen MR) is 141 cm³/mol. The molecule has 4 heterocycles. The van der Waals surface area contributed by atoms with Gasteiger partial charge in [-0.1, -0.05) is 26.0 Å². The summed E-state index contributed by atoms with van der Waals surface area (Å²) in [5, 5.41) is 25.1. The standard InChI is InChI=1S/C28H34N6O4/c1-27-6-5-23(36)28(2,15-35)22(27)11-21-19(14-34-8-7-30-26(34)33-21)20(27)4-3-17-10-18(38-24(17)37)9-16-12-31-25(29)32-13-16/h3-4,7-10,12-13,19-23,35-36H,5-6,11,14-15H2,1-2H3,(H,30,33)(H2,29,31,32)/b4-3+,18-9+/t19?,20?,21?,22?,23-,27+,28-/m0/s1. The Hall–Kier alpha value is -3.50. The van der Waals surface area contributed by atoms with E-state index in [2.05, 4.69) is 37.8 Å². The number of rotatable bonds is 4. The summed E-state index contributed by atoms with van der Waals surface area (Å²) >= 11 is 0. The van der Waals surface area contributed by atoms with E-state index < -0.39 is 17.5 Å². The van der Waals surface area contributed by atoms with Crippen molar-refractivity contribution in [3.8, 4) is 0 Å². The summed E-state index contributed by atoms with van der Waals surface area (Å²) in [4.78, 5) is 25.2. The summed E-state index contributed by atoms with van der Waals surface area (Å²) < 4.78 is 7.63. The summed E-state index contributed by atoms with van der Waals surface area (Å²) in [5.74, 6) is 1.48. The number of cyclic esters (lactones) is 1. The highest BCUT2D eigenvalue weighted by molar-refractivity contribution is 5.96. The van der Waals surface area contributed by atoms with Crippen molar-refractivity contribution in [2.75, 3.05) is 17.7 Å². The molecule has 0 saturated heterocycles. The Morgan fingerprint density at radius 1 is 1.29 bits per heavy atom. The first-order valence-electron chi connectivity index (χ1n) is 13.2. The van der Waals surface area contributed by atoms with E-state index in [1.54, 1.807) is 30.7 Å². The molecule has 7 atom stereocenters. The summed E-state index contributed by atoms with van der Waals surface area (Å²) in [6, 6.07) is 0.138. The van der Waals surface area contributed by atoms with Crippen LogP contribution in [0.2, 0.25) is 0 Å². The molecule has 2 aromatic heterocycles. The van der Waals surface area contributed by atoms with Crippen LogP contribution in [0.1, 0.15) is 38.7 Å². The van der Waals surface area contributed by atoms with E-state index in [0.29, 0.717) is 23.3 Å². The number of hydrogen-bond acceptors (Lipinski definition) is 9. The SMILES string of the molecule is C[C@]12CC[C@H](O)[C@@](C)(CO)C1CC1Nc3nccn3CC1C2/C=C/C1=CC(=C\c2cnc(N)nc2)/OC1=O. The largest absolute Gasteiger partial charge is 0.423 e. The number of ether oxygens (including phenoxy) is 1. The van der Waals surface area contributed by atoms with Crippen LogP contribution in [0.5, 0.6) is 0 Å². The third kappa shape index (κ3) is 3.94. The van der Waals surface area contributed by atoms with Crippen LogP contribution in [0.15, 0.2) is 54.3 Å². The first-order valence-corrected chi connectivity index (χ1v) is 13.2. The molecular weight excluding hydrogens is 484 g/mol. The van der Waals surface area contributed by atoms with Gasteiger partial charge >= 0.3 is 5.97 Å². The molecule has 0 radical (unpaired) electrons. The van der Waals surface area contributed by atoms with Crippen LogP contribution in [-0.4, -0.2) is 54.5 Å². The maximum atomic E-state index is 12.7. The number of aliphatic hydroxyl groups excluding tert-OH is 2. The van der Waals surface area contributed by atoms with Gasteiger partial charge in [0.15, 0.2) is 0 Å². The van der Waals surface area contributed by atoms with Crippen molar-refractivity contribution >= 4 is 23.9 Å². The van der Waals surface area contributed by atoms with Crippen molar-refractivity contribution in [1.82, 2.24) is 19.5 Å². The van der Waals surface area contributed by atoms with Crippen LogP contribution in [0.4, 0.5) is 11.9 Å². The van der Waals surface area contributed by atoms with E-state index in [9.17, 15) is 15.0 Å². The van der Waals surface area contributed by atoms with Gasteiger partial charge in [-0.15, -0.1) is 0 Å². The van der Waals surface area contributed by atoms with Crippen molar-refractivity contribution in [3.05, 3.63) is 59.9 Å². The highest BCUT2D eigenvalue weighted by Crippen LogP contribution is 2.62. The van der Waals surface area contributed by atoms with Crippen LogP contribution in [-0.2, 0) is 16.1 Å². The summed E-state index contributed by atoms with van der Waals surface area (Å²) in [5.41, 5.74) is 5.94. The van der Waals surface area contributed by atoms with E-state index >= 15 is 0 Å². The first kappa shape index (κ1) is 24.8. The van der Waals surface area contributed by atoms with Crippen molar-refractivity contribution < 1.29 is 19.7 Å². The number of carbonyl (C=O) groups is 1. The molecule has 0 aromatic carbocycles. The second-order valence-electron chi connectivity index (χ2n) is 11.6. The fourth-order valence-electron chi connectivity index (χ4n) is 7.41. The van der Waals surface area contributed by atoms with Gasteiger partial charge in [0.2, 0.25) is 11.9 Å². The number of nitrogens with one attached hydrogen (secondary N) is 1. The van der Waals surface area contributed by atoms with Crippen molar-refractivity contribution in [3.63, 3.8) is 0 Å². The van der Waals surface area contributed by atoms with Crippen LogP contribution >= 0.6 is 0 Å². The molecular formula is C28H34N6O4. The highest BCUT2D eigenvalue weighted by Gasteiger charge is 2.61. The van der Waals surface area contributed by atoms with E-state index in [1.807, 2.05) is 19.2 Å². The minimum absolute atomic E-state index is 0.0721. The summed E-state index contributed by atoms with van der Waals surface area (Å²) in [7, 11) is 0. The molecule has 5 N–H and O–H groups in total. The van der Waals surface area contributed by atoms with Gasteiger partial charge in [-0.25, -0.2) is 19.7 Å². The molecule has 0 spiro atoms. The molecule has 2 aliphatic heterocycles. The normalized spacial score (nSPS) is 37.3. The lowest BCUT2D eigenvalue weighted by molar-refractivity contribution is -0.168. The topological polar surface area (TPSA) is 148 Å². The van der Waals surface area contributed by atoms with Gasteiger partial charge in [-0.05, 0) is 48.7 Å². The molecule has 10 heteroatoms. The minimum atomic E-state index is -0.610. The summed E-state index contributed by atoms with van der Waals surface area (Å²) in [6.45, 7) is 5.05. The number of hydrogen-bond donors (Lipinski definition) is 4. The van der Waals surface area contributed by atoms with E-state index in [0.717, 1.165) is 25.3 Å². The number of nitrogens with two attached hydrogens (primary N) is 1. The Morgan fingerprint density at radius 2 is 2.08 bits per heavy atom. The van der Waals surface area contributed by atoms with E-state index in [-0.39, 0.29) is 41.8 Å². The number of imidazole rings is 1. The molecule has 6 rings (SSSR count). The van der Waals surface area contributed by atoms with Crippen LogP contribution < -0.4 is 11.1 Å². The molecule has 2 aromatic rings. The molecule has 38 heavy (non-hydrogen) atoms. The number of allylic oxidation sites excluding steroid dienone is 2. The zero-order valence-corrected chi connectivity index (χ0v) is 21.6. The van der Waals surface area contributed by atoms with Gasteiger partial charge in [0.1, 0.15) is 5.76 Å². The molecule has 0 bridgehead atoms. The molecule has 2 fully saturated rings. The van der Waals surface area contributed by atoms with Crippen LogP contribution in [0.25, 0.3) is 6.08 Å². The van der Waals surface area contributed by atoms with Crippen molar-refractivity contribution in [1.29, 1.82) is 0 Å². The Labute approximate surface area is 221 Å². The van der Waals surface area contributed by atoms with Crippen LogP contribution in [0, 0.1) is 28.6 Å². The van der Waals surface area contributed by atoms with E-state index in [1.165, 1.54) is 0 Å². The second-order valence-corrected chi connectivity index (χ2v) is 11.6. The molecule has 4 aliphatic rings. The number of nitrogens with zero attached hydrogens (tertiary/aromatic N) is 4. The van der Waals surface area contributed by atoms with Gasteiger partial charge in [0.25, 0.3) is 0 Å². The highest BCUT2D eigenvalue weighted by atomic mass is 16.5. The fraction of sp³-hybridized carbons (Fsp3) is 0.500. The quantitative estimate of drug-likeness (QED) is 0.448. The van der Waals surface area contributed by atoms with Gasteiger partial charge in [0, 0.05) is 54.3 Å². The Morgan fingerprint density at radius 3 is 2.84 bits per heavy atom. The Kier molecular flexibility index (Phi) is 5.92. The van der Waals surface area contributed by atoms with Crippen molar-refractivity contribution in [2.45, 2.75) is 51.8 Å². The molecule has 200 valence electrons. The average molecular weight is 519 g/mol. The molecule has 10 nitrogen and oxygen atoms in total. The number of aliphatic hydroxyl groups is 2. The number of fused-ring (bicyclic) bond motifs is 3. The monoisotopic (exact) mass is 518 g/mol. The van der Waals surface area contributed by atoms with Gasteiger partial charge in [-0.2, -0.15) is 0 Å². The number of nitrogen functional groups attached to an aromatic ring is 1. The average Bonchev–Trinajstić information content (AvgIpc) is 3.50. The lowest BCUT2D eigenvalue weighted by Gasteiger charge is -2.63. The predicted octanol–water partition coefficient (Wildman–Crippen LogP) is 2.54. The molecule has 4 unspecified atom stereocenters. The maximum Gasteiger partial charge on any atom is 0.343 e. The fourth-order valence-corrected chi connectivity index (χ4v) is 7.41. The Balaban J connectivity index is 1.35. The zero-order chi connectivity index (χ0) is 26.7. The summed E-state index contributed by atoms with van der Waals surface area (Å²) in [6.07, 6.45) is 16.2.